The average Bonchev–Trinajstić information content (AvgIpc) is 2.72. The standard InChI is InChI=1S/C24H21NO/c1-4-11-21(12-5-1)15-10-20-25-26-24(23-16-8-3-9-17-23)19-18-22-13-6-2-7-14-22/h1-20,24H/b15-10+,19-18+,25-20+. The van der Waals surface area contributed by atoms with Crippen LogP contribution in [0.5, 0.6) is 0 Å². The van der Waals surface area contributed by atoms with Crippen LogP contribution in [0.25, 0.3) is 12.2 Å². The molecule has 3 rings (SSSR count). The van der Waals surface area contributed by atoms with Crippen molar-refractivity contribution in [3.63, 3.8) is 0 Å². The number of rotatable bonds is 7. The summed E-state index contributed by atoms with van der Waals surface area (Å²) in [4.78, 5) is 5.72. The van der Waals surface area contributed by atoms with Crippen LogP contribution >= 0.6 is 0 Å². The molecule has 0 aliphatic rings. The first-order valence-corrected chi connectivity index (χ1v) is 8.61. The van der Waals surface area contributed by atoms with E-state index in [1.807, 2.05) is 103 Å². The summed E-state index contributed by atoms with van der Waals surface area (Å²) in [6.45, 7) is 0. The molecule has 1 atom stereocenters. The van der Waals surface area contributed by atoms with Crippen LogP contribution in [0.3, 0.4) is 0 Å². The van der Waals surface area contributed by atoms with Crippen molar-refractivity contribution in [3.8, 4) is 0 Å². The van der Waals surface area contributed by atoms with E-state index in [0.717, 1.165) is 16.7 Å². The smallest absolute Gasteiger partial charge is 0.171 e. The number of benzene rings is 3. The maximum atomic E-state index is 5.72. The maximum absolute atomic E-state index is 5.72. The Morgan fingerprint density at radius 1 is 0.654 bits per heavy atom. The molecule has 3 aromatic carbocycles. The van der Waals surface area contributed by atoms with Gasteiger partial charge in [0.15, 0.2) is 6.10 Å². The van der Waals surface area contributed by atoms with E-state index in [4.69, 9.17) is 4.84 Å². The molecule has 0 N–H and O–H groups in total. The summed E-state index contributed by atoms with van der Waals surface area (Å²) in [5, 5.41) is 4.11. The molecule has 0 amide bonds. The van der Waals surface area contributed by atoms with Crippen molar-refractivity contribution in [2.75, 3.05) is 0 Å². The molecule has 26 heavy (non-hydrogen) atoms. The van der Waals surface area contributed by atoms with Gasteiger partial charge < -0.3 is 4.84 Å². The van der Waals surface area contributed by atoms with Crippen LogP contribution in [0.4, 0.5) is 0 Å². The van der Waals surface area contributed by atoms with Gasteiger partial charge in [-0.3, -0.25) is 0 Å². The lowest BCUT2D eigenvalue weighted by molar-refractivity contribution is 0.0949. The zero-order valence-corrected chi connectivity index (χ0v) is 14.5. The zero-order valence-electron chi connectivity index (χ0n) is 14.5. The lowest BCUT2D eigenvalue weighted by atomic mass is 10.1. The molecule has 0 saturated carbocycles. The lowest BCUT2D eigenvalue weighted by Gasteiger charge is -2.11. The SMILES string of the molecule is C(=C\c1ccccc1)/C=N/OC(/C=C/c1ccccc1)c1ccccc1. The highest BCUT2D eigenvalue weighted by Gasteiger charge is 2.07. The van der Waals surface area contributed by atoms with Crippen molar-refractivity contribution in [3.05, 3.63) is 120 Å². The Bertz CT molecular complexity index is 852. The van der Waals surface area contributed by atoms with E-state index in [1.165, 1.54) is 0 Å². The van der Waals surface area contributed by atoms with Crippen molar-refractivity contribution >= 4 is 18.4 Å². The van der Waals surface area contributed by atoms with Gasteiger partial charge in [0.2, 0.25) is 0 Å². The summed E-state index contributed by atoms with van der Waals surface area (Å²) < 4.78 is 0. The number of hydrogen-bond acceptors (Lipinski definition) is 2. The normalized spacial score (nSPS) is 12.8. The minimum Gasteiger partial charge on any atom is -0.383 e. The fraction of sp³-hybridized carbons (Fsp3) is 0.0417. The van der Waals surface area contributed by atoms with Gasteiger partial charge in [0.25, 0.3) is 0 Å². The van der Waals surface area contributed by atoms with Crippen molar-refractivity contribution in [1.82, 2.24) is 0 Å². The van der Waals surface area contributed by atoms with E-state index in [1.54, 1.807) is 6.21 Å². The van der Waals surface area contributed by atoms with Crippen LogP contribution in [0.2, 0.25) is 0 Å². The van der Waals surface area contributed by atoms with Gasteiger partial charge in [0.1, 0.15) is 0 Å². The fourth-order valence-corrected chi connectivity index (χ4v) is 2.47. The predicted molar refractivity (Wildman–Crippen MR) is 110 cm³/mol. The summed E-state index contributed by atoms with van der Waals surface area (Å²) in [5.74, 6) is 0. The second kappa shape index (κ2) is 9.80. The monoisotopic (exact) mass is 339 g/mol. The van der Waals surface area contributed by atoms with Gasteiger partial charge >= 0.3 is 0 Å². The Hall–Kier alpha value is -3.39. The van der Waals surface area contributed by atoms with Gasteiger partial charge in [-0.25, -0.2) is 0 Å². The van der Waals surface area contributed by atoms with Crippen molar-refractivity contribution in [2.24, 2.45) is 5.16 Å². The molecule has 0 fully saturated rings. The summed E-state index contributed by atoms with van der Waals surface area (Å²) in [5.41, 5.74) is 3.32. The Morgan fingerprint density at radius 3 is 1.81 bits per heavy atom. The molecule has 0 aromatic heterocycles. The molecule has 2 nitrogen and oxygen atoms in total. The Morgan fingerprint density at radius 2 is 1.19 bits per heavy atom. The molecule has 0 heterocycles. The number of allylic oxidation sites excluding steroid dienone is 1. The molecule has 3 aromatic rings. The lowest BCUT2D eigenvalue weighted by Crippen LogP contribution is -1.97. The first kappa shape index (κ1) is 17.4. The summed E-state index contributed by atoms with van der Waals surface area (Å²) in [7, 11) is 0. The molecule has 1 unspecified atom stereocenters. The molecule has 0 spiro atoms. The average molecular weight is 339 g/mol. The third-order valence-corrected chi connectivity index (χ3v) is 3.80. The summed E-state index contributed by atoms with van der Waals surface area (Å²) in [6, 6.07) is 30.3. The highest BCUT2D eigenvalue weighted by molar-refractivity contribution is 5.77. The van der Waals surface area contributed by atoms with Gasteiger partial charge in [-0.2, -0.15) is 0 Å². The Balaban J connectivity index is 1.67. The van der Waals surface area contributed by atoms with Gasteiger partial charge in [-0.15, -0.1) is 0 Å². The van der Waals surface area contributed by atoms with Crippen LogP contribution in [0.1, 0.15) is 22.8 Å². The van der Waals surface area contributed by atoms with E-state index in [2.05, 4.69) is 17.3 Å². The largest absolute Gasteiger partial charge is 0.383 e. The van der Waals surface area contributed by atoms with Gasteiger partial charge in [-0.05, 0) is 28.8 Å². The van der Waals surface area contributed by atoms with Crippen LogP contribution in [-0.4, -0.2) is 6.21 Å². The first-order valence-electron chi connectivity index (χ1n) is 8.61. The first-order chi connectivity index (χ1) is 12.9. The molecule has 0 aliphatic carbocycles. The van der Waals surface area contributed by atoms with Gasteiger partial charge in [0.05, 0.1) is 6.21 Å². The minimum atomic E-state index is -0.238. The fourth-order valence-electron chi connectivity index (χ4n) is 2.47. The van der Waals surface area contributed by atoms with Crippen molar-refractivity contribution < 1.29 is 4.84 Å². The molecule has 0 saturated heterocycles. The molecule has 0 aliphatic heterocycles. The van der Waals surface area contributed by atoms with E-state index in [0.29, 0.717) is 0 Å². The van der Waals surface area contributed by atoms with E-state index in [9.17, 15) is 0 Å². The molecular weight excluding hydrogens is 318 g/mol. The topological polar surface area (TPSA) is 21.6 Å². The Labute approximate surface area is 154 Å². The molecular formula is C24H21NO. The number of nitrogens with zero attached hydrogens (tertiary/aromatic N) is 1. The number of hydrogen-bond donors (Lipinski definition) is 0. The van der Waals surface area contributed by atoms with E-state index < -0.39 is 0 Å². The second-order valence-electron chi connectivity index (χ2n) is 5.73. The summed E-state index contributed by atoms with van der Waals surface area (Å²) in [6.07, 6.45) is 9.36. The zero-order chi connectivity index (χ0) is 17.9. The molecule has 128 valence electrons. The third kappa shape index (κ3) is 5.60. The second-order valence-corrected chi connectivity index (χ2v) is 5.73. The summed E-state index contributed by atoms with van der Waals surface area (Å²) >= 11 is 0. The van der Waals surface area contributed by atoms with E-state index in [-0.39, 0.29) is 6.10 Å². The van der Waals surface area contributed by atoms with Crippen LogP contribution in [-0.2, 0) is 4.84 Å². The maximum Gasteiger partial charge on any atom is 0.171 e. The highest BCUT2D eigenvalue weighted by atomic mass is 16.6. The van der Waals surface area contributed by atoms with Gasteiger partial charge in [-0.1, -0.05) is 108 Å². The van der Waals surface area contributed by atoms with Crippen LogP contribution < -0.4 is 0 Å². The quantitative estimate of drug-likeness (QED) is 0.373. The molecule has 0 bridgehead atoms. The number of oxime groups is 1. The van der Waals surface area contributed by atoms with Crippen molar-refractivity contribution in [2.45, 2.75) is 6.10 Å². The predicted octanol–water partition coefficient (Wildman–Crippen LogP) is 6.16. The van der Waals surface area contributed by atoms with Crippen LogP contribution in [0, 0.1) is 0 Å². The minimum absolute atomic E-state index is 0.238. The molecule has 0 radical (unpaired) electrons. The van der Waals surface area contributed by atoms with E-state index >= 15 is 0 Å². The highest BCUT2D eigenvalue weighted by Crippen LogP contribution is 2.20. The Kier molecular flexibility index (Phi) is 6.57. The third-order valence-electron chi connectivity index (χ3n) is 3.80. The van der Waals surface area contributed by atoms with Gasteiger partial charge in [0, 0.05) is 0 Å². The molecule has 2 heteroatoms. The van der Waals surface area contributed by atoms with Crippen molar-refractivity contribution in [1.29, 1.82) is 0 Å². The van der Waals surface area contributed by atoms with Crippen LogP contribution in [0.15, 0.2) is 108 Å².